The van der Waals surface area contributed by atoms with Gasteiger partial charge in [-0.05, 0) is 33.8 Å². The Kier molecular flexibility index (Phi) is 13.9. The van der Waals surface area contributed by atoms with E-state index in [0.717, 1.165) is 0 Å². The molecule has 0 radical (unpaired) electrons. The maximum absolute atomic E-state index is 14.5. The van der Waals surface area contributed by atoms with Crippen LogP contribution < -0.4 is 15.4 Å². The molecule has 16 heteroatoms. The molecular formula is C44H60N4O12. The maximum Gasteiger partial charge on any atom is 0.312 e. The molecule has 1 amide bonds. The highest BCUT2D eigenvalue weighted by atomic mass is 16.7. The van der Waals surface area contributed by atoms with Crippen molar-refractivity contribution in [2.45, 2.75) is 112 Å². The van der Waals surface area contributed by atoms with Crippen LogP contribution >= 0.6 is 0 Å². The summed E-state index contributed by atoms with van der Waals surface area (Å²) >= 11 is 0. The number of nitrogens with one attached hydrogen (secondary N) is 2. The Balaban J connectivity index is 1.72. The van der Waals surface area contributed by atoms with Crippen LogP contribution in [0.4, 0.5) is 5.69 Å². The van der Waals surface area contributed by atoms with Gasteiger partial charge in [-0.25, -0.2) is 0 Å². The van der Waals surface area contributed by atoms with Crippen LogP contribution in [0.15, 0.2) is 41.2 Å². The number of carbonyl (C=O) groups is 3. The first-order chi connectivity index (χ1) is 28.1. The topological polar surface area (TPSA) is 229 Å². The molecule has 4 aliphatic heterocycles. The number of rotatable bonds is 4. The van der Waals surface area contributed by atoms with E-state index in [4.69, 9.17) is 18.9 Å². The second kappa shape index (κ2) is 18.2. The number of aromatic hydroxyl groups is 3. The normalized spacial score (nSPS) is 31.9. The number of hydrogen-bond acceptors (Lipinski definition) is 15. The maximum atomic E-state index is 14.5. The Hall–Kier alpha value is -5.16. The second-order valence-corrected chi connectivity index (χ2v) is 16.6. The lowest BCUT2D eigenvalue weighted by Gasteiger charge is -2.38. The van der Waals surface area contributed by atoms with Gasteiger partial charge >= 0.3 is 11.8 Å². The zero-order valence-corrected chi connectivity index (χ0v) is 36.1. The van der Waals surface area contributed by atoms with Crippen molar-refractivity contribution in [2.24, 2.45) is 28.8 Å². The number of hydrogen-bond donors (Lipinski definition) is 7. The lowest BCUT2D eigenvalue weighted by Crippen LogP contribution is -2.52. The van der Waals surface area contributed by atoms with E-state index < -0.39 is 88.8 Å². The van der Waals surface area contributed by atoms with Crippen LogP contribution in [-0.2, 0) is 23.8 Å². The number of piperazine rings is 1. The summed E-state index contributed by atoms with van der Waals surface area (Å²) in [5, 5.41) is 70.5. The highest BCUT2D eigenvalue weighted by molar-refractivity contribution is 6.23. The van der Waals surface area contributed by atoms with Crippen molar-refractivity contribution in [3.8, 4) is 23.0 Å². The molecule has 328 valence electrons. The first-order valence-corrected chi connectivity index (χ1v) is 20.3. The number of esters is 1. The summed E-state index contributed by atoms with van der Waals surface area (Å²) in [6.07, 6.45) is 4.85. The fraction of sp³-hybridized carbons (Fsp3) is 0.545. The quantitative estimate of drug-likeness (QED) is 0.0953. The Bertz CT molecular complexity index is 2120. The highest BCUT2D eigenvalue weighted by Gasteiger charge is 2.50. The lowest BCUT2D eigenvalue weighted by molar-refractivity contribution is -0.160. The third-order valence-corrected chi connectivity index (χ3v) is 12.1. The minimum absolute atomic E-state index is 0.0524. The van der Waals surface area contributed by atoms with Crippen molar-refractivity contribution in [3.63, 3.8) is 0 Å². The molecule has 0 aromatic heterocycles. The standard InChI is InChI=1S/C44H60N4O12/c1-20-13-12-14-21(2)43(56)47-34-29(18-46-48-19-22(3)45-17-23(48)4)38(53)31-32(39(34)54)37(52)27(8)41-33(31)42(55)44(10,60-41)58-16-15-30(57-11)24(5)40(59-28(9)49)26(7)36(51)25(6)35(20)50/h12-16,18,20,22-26,30,35-36,40,45,50-54H,17,19H2,1-11H3,(H,47,56). The van der Waals surface area contributed by atoms with Gasteiger partial charge in [-0.15, -0.1) is 0 Å². The minimum atomic E-state index is -2.05. The first kappa shape index (κ1) is 45.9. The number of anilines is 1. The van der Waals surface area contributed by atoms with Gasteiger partial charge in [0.05, 0.1) is 65.6 Å². The number of methoxy groups -OCH3 is 1. The number of nitrogens with zero attached hydrogens (tertiary/aromatic N) is 2. The van der Waals surface area contributed by atoms with Crippen LogP contribution in [0, 0.1) is 30.6 Å². The fourth-order valence-electron chi connectivity index (χ4n) is 8.17. The van der Waals surface area contributed by atoms with E-state index in [1.807, 2.05) is 13.8 Å². The molecule has 6 rings (SSSR count). The molecule has 60 heavy (non-hydrogen) atoms. The first-order valence-electron chi connectivity index (χ1n) is 20.3. The Morgan fingerprint density at radius 3 is 2.30 bits per heavy atom. The van der Waals surface area contributed by atoms with Gasteiger partial charge in [-0.2, -0.15) is 5.10 Å². The molecule has 4 heterocycles. The van der Waals surface area contributed by atoms with Crippen molar-refractivity contribution < 1.29 is 58.9 Å². The monoisotopic (exact) mass is 836 g/mol. The smallest absolute Gasteiger partial charge is 0.312 e. The summed E-state index contributed by atoms with van der Waals surface area (Å²) in [5.41, 5.74) is -0.380. The molecule has 1 fully saturated rings. The third kappa shape index (κ3) is 8.83. The summed E-state index contributed by atoms with van der Waals surface area (Å²) in [7, 11) is 1.44. The summed E-state index contributed by atoms with van der Waals surface area (Å²) in [6, 6.07) is 0.0288. The van der Waals surface area contributed by atoms with Crippen LogP contribution in [0.25, 0.3) is 10.8 Å². The number of ketones is 1. The molecule has 2 aromatic rings. The average molecular weight is 837 g/mol. The third-order valence-electron chi connectivity index (χ3n) is 12.1. The molecule has 0 spiro atoms. The van der Waals surface area contributed by atoms with Crippen molar-refractivity contribution in [2.75, 3.05) is 25.5 Å². The molecule has 11 unspecified atom stereocenters. The van der Waals surface area contributed by atoms with Gasteiger partial charge in [0.15, 0.2) is 5.75 Å². The zero-order valence-electron chi connectivity index (χ0n) is 36.1. The fourth-order valence-corrected chi connectivity index (χ4v) is 8.17. The number of ether oxygens (including phenoxy) is 4. The number of carbonyl (C=O) groups excluding carboxylic acids is 3. The van der Waals surface area contributed by atoms with E-state index in [1.165, 1.54) is 59.4 Å². The van der Waals surface area contributed by atoms with E-state index in [2.05, 4.69) is 15.7 Å². The number of fused-ring (bicyclic) bond motifs is 14. The predicted molar refractivity (Wildman–Crippen MR) is 225 cm³/mol. The number of amides is 1. The van der Waals surface area contributed by atoms with Gasteiger partial charge in [0.25, 0.3) is 11.7 Å². The Labute approximate surface area is 350 Å². The Morgan fingerprint density at radius 2 is 1.65 bits per heavy atom. The molecule has 4 aliphatic rings. The van der Waals surface area contributed by atoms with E-state index in [1.54, 1.807) is 44.9 Å². The summed E-state index contributed by atoms with van der Waals surface area (Å²) in [4.78, 5) is 40.6. The van der Waals surface area contributed by atoms with E-state index in [0.29, 0.717) is 13.1 Å². The molecule has 0 saturated carbocycles. The van der Waals surface area contributed by atoms with Crippen molar-refractivity contribution in [3.05, 3.63) is 52.8 Å². The van der Waals surface area contributed by atoms with Gasteiger partial charge in [0, 0.05) is 73.7 Å². The van der Waals surface area contributed by atoms with E-state index in [-0.39, 0.29) is 56.6 Å². The molecule has 0 aliphatic carbocycles. The van der Waals surface area contributed by atoms with Crippen LogP contribution in [0.3, 0.4) is 0 Å². The number of benzene rings is 2. The van der Waals surface area contributed by atoms with Gasteiger partial charge in [-0.1, -0.05) is 45.9 Å². The van der Waals surface area contributed by atoms with Gasteiger partial charge in [-0.3, -0.25) is 19.4 Å². The van der Waals surface area contributed by atoms with Crippen molar-refractivity contribution in [1.82, 2.24) is 10.3 Å². The van der Waals surface area contributed by atoms with Crippen LogP contribution in [0.1, 0.15) is 83.8 Å². The molecule has 7 N–H and O–H groups in total. The number of Topliss-reactive ketones (excluding diaryl/α,β-unsaturated/α-hetero) is 1. The molecular weight excluding hydrogens is 776 g/mol. The zero-order chi connectivity index (χ0) is 44.5. The largest absolute Gasteiger partial charge is 0.507 e. The van der Waals surface area contributed by atoms with Crippen LogP contribution in [0.5, 0.6) is 23.0 Å². The average Bonchev–Trinajstić information content (AvgIpc) is 3.47. The number of aliphatic hydroxyl groups excluding tert-OH is 2. The number of phenolic OH excluding ortho intramolecular Hbond substituents is 3. The van der Waals surface area contributed by atoms with Gasteiger partial charge in [0.2, 0.25) is 0 Å². The van der Waals surface area contributed by atoms with Gasteiger partial charge in [0.1, 0.15) is 23.4 Å². The summed E-state index contributed by atoms with van der Waals surface area (Å²) in [6.45, 7) is 17.6. The van der Waals surface area contributed by atoms with Crippen LogP contribution in [-0.4, -0.2) is 117 Å². The number of phenols is 3. The molecule has 16 nitrogen and oxygen atoms in total. The van der Waals surface area contributed by atoms with E-state index in [9.17, 15) is 39.9 Å². The van der Waals surface area contributed by atoms with Crippen LogP contribution in [0.2, 0.25) is 0 Å². The number of allylic oxidation sites excluding steroid dienone is 2. The minimum Gasteiger partial charge on any atom is -0.507 e. The lowest BCUT2D eigenvalue weighted by atomic mass is 9.78. The molecule has 2 aromatic carbocycles. The summed E-state index contributed by atoms with van der Waals surface area (Å²) < 4.78 is 23.6. The van der Waals surface area contributed by atoms with Crippen molar-refractivity contribution >= 4 is 40.3 Å². The SMILES string of the molecule is COC1C=COC2(C)Oc3c(C)c(O)c4c(O)c(c(C=NN5CC(C)NCC5C)c(O)c4c3C2=O)NC(=O)C(C)=CC=CC(C)C(O)C(C)C(O)C(C)C(OC(C)=O)C1C. The number of hydrazone groups is 1. The highest BCUT2D eigenvalue weighted by Crippen LogP contribution is 2.55. The Morgan fingerprint density at radius 1 is 0.967 bits per heavy atom. The predicted octanol–water partition coefficient (Wildman–Crippen LogP) is 4.77. The number of aliphatic hydroxyl groups is 2. The molecule has 5 bridgehead atoms. The summed E-state index contributed by atoms with van der Waals surface area (Å²) in [5.74, 6) is -8.40. The van der Waals surface area contributed by atoms with Crippen molar-refractivity contribution in [1.29, 1.82) is 0 Å². The molecule has 11 atom stereocenters. The molecule has 1 saturated heterocycles. The second-order valence-electron chi connectivity index (χ2n) is 16.6. The van der Waals surface area contributed by atoms with Gasteiger partial charge < -0.3 is 55.1 Å². The van der Waals surface area contributed by atoms with E-state index >= 15 is 0 Å².